The normalized spacial score (nSPS) is 11.3. The van der Waals surface area contributed by atoms with Crippen LogP contribution < -0.4 is 4.74 Å². The lowest BCUT2D eigenvalue weighted by molar-refractivity contribution is 0.151. The molecule has 2 rings (SSSR count). The second-order valence-electron chi connectivity index (χ2n) is 5.33. The van der Waals surface area contributed by atoms with Crippen LogP contribution in [0.3, 0.4) is 0 Å². The number of hydrogen-bond acceptors (Lipinski definition) is 2. The summed E-state index contributed by atoms with van der Waals surface area (Å²) in [4.78, 5) is 5.89. The summed E-state index contributed by atoms with van der Waals surface area (Å²) >= 11 is 0. The number of hydrogen-bond donors (Lipinski definition) is 0. The monoisotopic (exact) mass is 336 g/mol. The largest absolute Gasteiger partial charge is 0.454 e. The zero-order valence-corrected chi connectivity index (χ0v) is 13.8. The van der Waals surface area contributed by atoms with Gasteiger partial charge < -0.3 is 9.64 Å². The van der Waals surface area contributed by atoms with Gasteiger partial charge in [0.25, 0.3) is 6.43 Å². The zero-order valence-electron chi connectivity index (χ0n) is 13.8. The summed E-state index contributed by atoms with van der Waals surface area (Å²) in [5, 5.41) is 0. The maximum absolute atomic E-state index is 13.7. The number of halogens is 3. The van der Waals surface area contributed by atoms with E-state index in [4.69, 9.17) is 4.74 Å². The molecule has 2 aromatic carbocycles. The highest BCUT2D eigenvalue weighted by Crippen LogP contribution is 2.37. The third-order valence-corrected chi connectivity index (χ3v) is 3.51. The van der Waals surface area contributed by atoms with Crippen LogP contribution in [-0.2, 0) is 0 Å². The van der Waals surface area contributed by atoms with Crippen LogP contribution in [-0.4, -0.2) is 24.8 Å². The van der Waals surface area contributed by atoms with E-state index < -0.39 is 12.2 Å². The molecule has 6 heteroatoms. The topological polar surface area (TPSA) is 24.8 Å². The van der Waals surface area contributed by atoms with Gasteiger partial charge in [-0.15, -0.1) is 0 Å². The van der Waals surface area contributed by atoms with Crippen molar-refractivity contribution in [1.29, 1.82) is 0 Å². The number of benzene rings is 2. The molecule has 0 radical (unpaired) electrons. The Morgan fingerprint density at radius 1 is 1.21 bits per heavy atom. The van der Waals surface area contributed by atoms with Gasteiger partial charge in [0, 0.05) is 19.2 Å². The van der Waals surface area contributed by atoms with Gasteiger partial charge >= 0.3 is 0 Å². The predicted octanol–water partition coefficient (Wildman–Crippen LogP) is 5.48. The van der Waals surface area contributed by atoms with Gasteiger partial charge in [0.2, 0.25) is 0 Å². The maximum Gasteiger partial charge on any atom is 0.266 e. The fourth-order valence-electron chi connectivity index (χ4n) is 1.97. The van der Waals surface area contributed by atoms with Crippen LogP contribution in [0, 0.1) is 12.7 Å². The molecule has 0 aromatic heterocycles. The lowest BCUT2D eigenvalue weighted by Gasteiger charge is -2.14. The van der Waals surface area contributed by atoms with E-state index in [9.17, 15) is 13.2 Å². The Kier molecular flexibility index (Phi) is 5.84. The lowest BCUT2D eigenvalue weighted by Crippen LogP contribution is -2.14. The van der Waals surface area contributed by atoms with Gasteiger partial charge in [-0.25, -0.2) is 18.2 Å². The first-order valence-electron chi connectivity index (χ1n) is 7.51. The summed E-state index contributed by atoms with van der Waals surface area (Å²) in [6.07, 6.45) is -1.22. The van der Waals surface area contributed by atoms with Crippen molar-refractivity contribution in [3.05, 3.63) is 53.3 Å². The summed E-state index contributed by atoms with van der Waals surface area (Å²) in [5.74, 6) is -0.386. The van der Waals surface area contributed by atoms with Crippen LogP contribution >= 0.6 is 0 Å². The van der Waals surface area contributed by atoms with Gasteiger partial charge in [-0.05, 0) is 43.7 Å². The fourth-order valence-corrected chi connectivity index (χ4v) is 1.97. The van der Waals surface area contributed by atoms with Crippen LogP contribution in [0.25, 0.3) is 0 Å². The molecule has 0 saturated heterocycles. The molecular formula is C18H19F3N2O. The molecular weight excluding hydrogens is 317 g/mol. The first-order chi connectivity index (χ1) is 11.4. The highest BCUT2D eigenvalue weighted by Gasteiger charge is 2.17. The van der Waals surface area contributed by atoms with Gasteiger partial charge in [0.1, 0.15) is 5.75 Å². The number of nitrogens with zero attached hydrogens (tertiary/aromatic N) is 2. The minimum absolute atomic E-state index is 0.0113. The number of alkyl halides is 2. The molecule has 0 heterocycles. The smallest absolute Gasteiger partial charge is 0.266 e. The van der Waals surface area contributed by atoms with E-state index in [0.29, 0.717) is 12.1 Å². The minimum Gasteiger partial charge on any atom is -0.454 e. The quantitative estimate of drug-likeness (QED) is 0.516. The third kappa shape index (κ3) is 4.28. The van der Waals surface area contributed by atoms with Crippen LogP contribution in [0.4, 0.5) is 18.9 Å². The van der Waals surface area contributed by atoms with Crippen LogP contribution in [0.5, 0.6) is 11.5 Å². The zero-order chi connectivity index (χ0) is 17.7. The average Bonchev–Trinajstić information content (AvgIpc) is 2.56. The van der Waals surface area contributed by atoms with Crippen molar-refractivity contribution in [3.8, 4) is 11.5 Å². The van der Waals surface area contributed by atoms with E-state index in [1.54, 1.807) is 24.9 Å². The van der Waals surface area contributed by atoms with Gasteiger partial charge in [-0.2, -0.15) is 0 Å². The van der Waals surface area contributed by atoms with E-state index in [2.05, 4.69) is 4.99 Å². The highest BCUT2D eigenvalue weighted by molar-refractivity contribution is 5.65. The van der Waals surface area contributed by atoms with Crippen molar-refractivity contribution in [2.24, 2.45) is 4.99 Å². The maximum atomic E-state index is 13.7. The van der Waals surface area contributed by atoms with E-state index in [0.717, 1.165) is 0 Å². The number of aryl methyl sites for hydroxylation is 1. The Balaban J connectivity index is 2.39. The Morgan fingerprint density at radius 3 is 2.54 bits per heavy atom. The SMILES string of the molecule is CCN(C)C=Nc1cc(C)c(Oc2ccccc2F)cc1C(F)F. The van der Waals surface area contributed by atoms with Gasteiger partial charge in [0.15, 0.2) is 11.6 Å². The molecule has 0 amide bonds. The molecule has 0 spiro atoms. The molecule has 0 aliphatic carbocycles. The molecule has 0 N–H and O–H groups in total. The van der Waals surface area contributed by atoms with Crippen molar-refractivity contribution in [1.82, 2.24) is 4.90 Å². The minimum atomic E-state index is -2.72. The molecule has 0 aliphatic rings. The Labute approximate surface area is 139 Å². The fraction of sp³-hybridized carbons (Fsp3) is 0.278. The second-order valence-corrected chi connectivity index (χ2v) is 5.33. The standard InChI is InChI=1S/C18H19F3N2O/c1-4-23(3)11-22-15-9-12(2)17(10-13(15)18(20)21)24-16-8-6-5-7-14(16)19/h5-11,18H,4H2,1-3H3. The Bertz CT molecular complexity index is 732. The summed E-state index contributed by atoms with van der Waals surface area (Å²) < 4.78 is 45.8. The molecule has 0 aliphatic heterocycles. The summed E-state index contributed by atoms with van der Waals surface area (Å²) in [7, 11) is 1.80. The highest BCUT2D eigenvalue weighted by atomic mass is 19.3. The predicted molar refractivity (Wildman–Crippen MR) is 89.1 cm³/mol. The van der Waals surface area contributed by atoms with Crippen LogP contribution in [0.2, 0.25) is 0 Å². The molecule has 3 nitrogen and oxygen atoms in total. The molecule has 24 heavy (non-hydrogen) atoms. The van der Waals surface area contributed by atoms with Crippen molar-refractivity contribution in [3.63, 3.8) is 0 Å². The van der Waals surface area contributed by atoms with Crippen molar-refractivity contribution in [2.45, 2.75) is 20.3 Å². The molecule has 0 fully saturated rings. The van der Waals surface area contributed by atoms with E-state index in [1.165, 1.54) is 36.7 Å². The summed E-state index contributed by atoms with van der Waals surface area (Å²) in [5.41, 5.74) is 0.505. The average molecular weight is 336 g/mol. The molecule has 2 aromatic rings. The lowest BCUT2D eigenvalue weighted by atomic mass is 10.1. The summed E-state index contributed by atoms with van der Waals surface area (Å²) in [6, 6.07) is 8.56. The van der Waals surface area contributed by atoms with Crippen molar-refractivity contribution in [2.75, 3.05) is 13.6 Å². The van der Waals surface area contributed by atoms with E-state index in [1.807, 2.05) is 6.92 Å². The van der Waals surface area contributed by atoms with Crippen molar-refractivity contribution >= 4 is 12.0 Å². The number of rotatable bonds is 6. The third-order valence-electron chi connectivity index (χ3n) is 3.51. The van der Waals surface area contributed by atoms with Gasteiger partial charge in [0.05, 0.1) is 12.0 Å². The number of para-hydroxylation sites is 1. The first-order valence-corrected chi connectivity index (χ1v) is 7.51. The molecule has 0 saturated carbocycles. The second kappa shape index (κ2) is 7.86. The van der Waals surface area contributed by atoms with E-state index in [-0.39, 0.29) is 22.7 Å². The summed E-state index contributed by atoms with van der Waals surface area (Å²) in [6.45, 7) is 4.34. The Hall–Kier alpha value is -2.50. The van der Waals surface area contributed by atoms with Gasteiger partial charge in [-0.1, -0.05) is 12.1 Å². The Morgan fingerprint density at radius 2 is 1.92 bits per heavy atom. The molecule has 0 atom stereocenters. The van der Waals surface area contributed by atoms with Gasteiger partial charge in [-0.3, -0.25) is 0 Å². The molecule has 0 bridgehead atoms. The van der Waals surface area contributed by atoms with E-state index >= 15 is 0 Å². The number of aliphatic imine (C=N–C) groups is 1. The molecule has 0 unspecified atom stereocenters. The van der Waals surface area contributed by atoms with Crippen molar-refractivity contribution < 1.29 is 17.9 Å². The first kappa shape index (κ1) is 17.8. The van der Waals surface area contributed by atoms with Crippen LogP contribution in [0.1, 0.15) is 24.5 Å². The van der Waals surface area contributed by atoms with Crippen LogP contribution in [0.15, 0.2) is 41.4 Å². The number of ether oxygens (including phenoxy) is 1. The molecule has 128 valence electrons.